The highest BCUT2D eigenvalue weighted by atomic mass is 16.2. The van der Waals surface area contributed by atoms with Gasteiger partial charge in [0.25, 0.3) is 0 Å². The molecule has 0 spiro atoms. The van der Waals surface area contributed by atoms with Crippen molar-refractivity contribution in [1.82, 2.24) is 25.1 Å². The van der Waals surface area contributed by atoms with Crippen LogP contribution >= 0.6 is 0 Å². The second-order valence-corrected chi connectivity index (χ2v) is 6.61. The summed E-state index contributed by atoms with van der Waals surface area (Å²) in [5.74, 6) is -0.106. The smallest absolute Gasteiger partial charge is 0.237 e. The lowest BCUT2D eigenvalue weighted by Crippen LogP contribution is -2.56. The van der Waals surface area contributed by atoms with Crippen molar-refractivity contribution in [2.45, 2.75) is 32.5 Å². The van der Waals surface area contributed by atoms with E-state index in [1.54, 1.807) is 29.7 Å². The van der Waals surface area contributed by atoms with Crippen LogP contribution in [-0.2, 0) is 22.7 Å². The maximum Gasteiger partial charge on any atom is 0.237 e. The van der Waals surface area contributed by atoms with Crippen LogP contribution in [0.4, 0.5) is 0 Å². The highest BCUT2D eigenvalue weighted by Gasteiger charge is 2.32. The van der Waals surface area contributed by atoms with Gasteiger partial charge in [-0.15, -0.1) is 0 Å². The molecule has 2 aromatic heterocycles. The molecule has 1 saturated heterocycles. The highest BCUT2D eigenvalue weighted by molar-refractivity contribution is 5.88. The molecule has 0 radical (unpaired) electrons. The molecule has 7 heteroatoms. The summed E-state index contributed by atoms with van der Waals surface area (Å²) >= 11 is 0. The van der Waals surface area contributed by atoms with Gasteiger partial charge in [-0.3, -0.25) is 24.5 Å². The lowest BCUT2D eigenvalue weighted by molar-refractivity contribution is -0.139. The van der Waals surface area contributed by atoms with E-state index >= 15 is 0 Å². The van der Waals surface area contributed by atoms with Gasteiger partial charge < -0.3 is 10.2 Å². The van der Waals surface area contributed by atoms with Crippen molar-refractivity contribution >= 4 is 11.8 Å². The maximum atomic E-state index is 12.9. The lowest BCUT2D eigenvalue weighted by atomic mass is 10.1. The summed E-state index contributed by atoms with van der Waals surface area (Å²) in [7, 11) is 0. The van der Waals surface area contributed by atoms with E-state index in [2.05, 4.69) is 20.2 Å². The number of carbonyl (C=O) groups excluding carboxylic acids is 2. The molecule has 3 heterocycles. The average molecular weight is 367 g/mol. The minimum atomic E-state index is -0.460. The average Bonchev–Trinajstić information content (AvgIpc) is 2.70. The van der Waals surface area contributed by atoms with E-state index in [0.29, 0.717) is 26.2 Å². The zero-order chi connectivity index (χ0) is 19.1. The molecule has 0 aromatic carbocycles. The fourth-order valence-corrected chi connectivity index (χ4v) is 3.28. The Morgan fingerprint density at radius 2 is 2.04 bits per heavy atom. The standard InChI is InChI=1S/C20H25N5O2/c1-2-24(14-16-5-8-21-9-6-16)19(26)12-18-20(27)23-10-11-25(18)15-17-4-3-7-22-13-17/h3-9,13,18H,2,10-12,14-15H2,1H3,(H,23,27)/t18-/m0/s1. The van der Waals surface area contributed by atoms with Crippen LogP contribution in [0.5, 0.6) is 0 Å². The Kier molecular flexibility index (Phi) is 6.49. The molecular formula is C20H25N5O2. The third kappa shape index (κ3) is 5.10. The van der Waals surface area contributed by atoms with E-state index in [4.69, 9.17) is 0 Å². The van der Waals surface area contributed by atoms with Crippen LogP contribution in [0.2, 0.25) is 0 Å². The van der Waals surface area contributed by atoms with Gasteiger partial charge in [-0.1, -0.05) is 6.07 Å². The highest BCUT2D eigenvalue weighted by Crippen LogP contribution is 2.15. The molecule has 2 aromatic rings. The molecule has 7 nitrogen and oxygen atoms in total. The molecule has 2 amide bonds. The summed E-state index contributed by atoms with van der Waals surface area (Å²) in [6, 6.07) is 7.21. The zero-order valence-corrected chi connectivity index (χ0v) is 15.5. The number of carbonyl (C=O) groups is 2. The van der Waals surface area contributed by atoms with Crippen molar-refractivity contribution in [2.75, 3.05) is 19.6 Å². The van der Waals surface area contributed by atoms with E-state index in [-0.39, 0.29) is 18.2 Å². The van der Waals surface area contributed by atoms with Crippen LogP contribution in [0.15, 0.2) is 49.1 Å². The molecule has 27 heavy (non-hydrogen) atoms. The Morgan fingerprint density at radius 1 is 1.22 bits per heavy atom. The molecule has 1 atom stereocenters. The first kappa shape index (κ1) is 19.0. The fraction of sp³-hybridized carbons (Fsp3) is 0.400. The van der Waals surface area contributed by atoms with E-state index in [1.807, 2.05) is 31.2 Å². The second kappa shape index (κ2) is 9.23. The van der Waals surface area contributed by atoms with E-state index in [0.717, 1.165) is 17.7 Å². The molecule has 0 aliphatic carbocycles. The number of hydrogen-bond donors (Lipinski definition) is 1. The number of nitrogens with one attached hydrogen (secondary N) is 1. The summed E-state index contributed by atoms with van der Waals surface area (Å²) in [6.07, 6.45) is 7.14. The molecule has 1 aliphatic heterocycles. The fourth-order valence-electron chi connectivity index (χ4n) is 3.28. The summed E-state index contributed by atoms with van der Waals surface area (Å²) in [5, 5.41) is 2.88. The summed E-state index contributed by atoms with van der Waals surface area (Å²) in [5.41, 5.74) is 2.06. The number of nitrogens with zero attached hydrogens (tertiary/aromatic N) is 4. The predicted octanol–water partition coefficient (Wildman–Crippen LogP) is 1.22. The van der Waals surface area contributed by atoms with Crippen molar-refractivity contribution in [3.63, 3.8) is 0 Å². The van der Waals surface area contributed by atoms with Crippen molar-refractivity contribution < 1.29 is 9.59 Å². The van der Waals surface area contributed by atoms with Gasteiger partial charge in [0.1, 0.15) is 0 Å². The van der Waals surface area contributed by atoms with Gasteiger partial charge >= 0.3 is 0 Å². The molecule has 3 rings (SSSR count). The topological polar surface area (TPSA) is 78.4 Å². The predicted molar refractivity (Wildman–Crippen MR) is 101 cm³/mol. The van der Waals surface area contributed by atoms with E-state index in [1.165, 1.54) is 0 Å². The van der Waals surface area contributed by atoms with Gasteiger partial charge in [0.15, 0.2) is 0 Å². The van der Waals surface area contributed by atoms with Crippen LogP contribution in [0.1, 0.15) is 24.5 Å². The molecule has 0 saturated carbocycles. The number of aromatic nitrogens is 2. The van der Waals surface area contributed by atoms with Gasteiger partial charge in [-0.05, 0) is 36.2 Å². The maximum absolute atomic E-state index is 12.9. The third-order valence-corrected chi connectivity index (χ3v) is 4.78. The third-order valence-electron chi connectivity index (χ3n) is 4.78. The molecule has 142 valence electrons. The van der Waals surface area contributed by atoms with Crippen molar-refractivity contribution in [3.8, 4) is 0 Å². The first-order chi connectivity index (χ1) is 13.2. The van der Waals surface area contributed by atoms with E-state index < -0.39 is 6.04 Å². The van der Waals surface area contributed by atoms with Crippen LogP contribution in [0.3, 0.4) is 0 Å². The number of piperazine rings is 1. The number of rotatable bonds is 7. The molecule has 1 N–H and O–H groups in total. The summed E-state index contributed by atoms with van der Waals surface area (Å²) < 4.78 is 0. The molecule has 0 bridgehead atoms. The molecule has 1 aliphatic rings. The van der Waals surface area contributed by atoms with Gasteiger partial charge in [-0.2, -0.15) is 0 Å². The van der Waals surface area contributed by atoms with Crippen LogP contribution in [0, 0.1) is 0 Å². The van der Waals surface area contributed by atoms with Crippen molar-refractivity contribution in [2.24, 2.45) is 0 Å². The second-order valence-electron chi connectivity index (χ2n) is 6.61. The largest absolute Gasteiger partial charge is 0.353 e. The molecular weight excluding hydrogens is 342 g/mol. The number of hydrogen-bond acceptors (Lipinski definition) is 5. The van der Waals surface area contributed by atoms with E-state index in [9.17, 15) is 9.59 Å². The van der Waals surface area contributed by atoms with Crippen LogP contribution < -0.4 is 5.32 Å². The Balaban J connectivity index is 1.67. The first-order valence-corrected chi connectivity index (χ1v) is 9.24. The Hall–Kier alpha value is -2.80. The van der Waals surface area contributed by atoms with Crippen LogP contribution in [-0.4, -0.2) is 57.3 Å². The minimum Gasteiger partial charge on any atom is -0.353 e. The summed E-state index contributed by atoms with van der Waals surface area (Å²) in [4.78, 5) is 37.3. The quantitative estimate of drug-likeness (QED) is 0.796. The zero-order valence-electron chi connectivity index (χ0n) is 15.5. The molecule has 0 unspecified atom stereocenters. The first-order valence-electron chi connectivity index (χ1n) is 9.24. The van der Waals surface area contributed by atoms with Gasteiger partial charge in [-0.25, -0.2) is 0 Å². The van der Waals surface area contributed by atoms with Gasteiger partial charge in [0.05, 0.1) is 12.5 Å². The minimum absolute atomic E-state index is 0.0208. The number of amides is 2. The normalized spacial score (nSPS) is 17.4. The van der Waals surface area contributed by atoms with Crippen LogP contribution in [0.25, 0.3) is 0 Å². The van der Waals surface area contributed by atoms with Crippen molar-refractivity contribution in [1.29, 1.82) is 0 Å². The molecule has 1 fully saturated rings. The Bertz CT molecular complexity index is 753. The monoisotopic (exact) mass is 367 g/mol. The Labute approximate surface area is 159 Å². The van der Waals surface area contributed by atoms with Gasteiger partial charge in [0.2, 0.25) is 11.8 Å². The SMILES string of the molecule is CCN(Cc1ccncc1)C(=O)C[C@H]1C(=O)NCCN1Cc1cccnc1. The lowest BCUT2D eigenvalue weighted by Gasteiger charge is -2.35. The Morgan fingerprint density at radius 3 is 2.74 bits per heavy atom. The van der Waals surface area contributed by atoms with Gasteiger partial charge in [0, 0.05) is 57.5 Å². The van der Waals surface area contributed by atoms with Crippen molar-refractivity contribution in [3.05, 3.63) is 60.2 Å². The number of pyridine rings is 2. The summed E-state index contributed by atoms with van der Waals surface area (Å²) in [6.45, 7) is 4.99.